The predicted molar refractivity (Wildman–Crippen MR) is 92.9 cm³/mol. The Kier molecular flexibility index (Phi) is 4.38. The average Bonchev–Trinajstić information content (AvgIpc) is 2.43. The van der Waals surface area contributed by atoms with Gasteiger partial charge in [0.15, 0.2) is 0 Å². The Balaban J connectivity index is 1.73. The topological polar surface area (TPSA) is 69.6 Å². The summed E-state index contributed by atoms with van der Waals surface area (Å²) in [7, 11) is 4.01. The summed E-state index contributed by atoms with van der Waals surface area (Å²) in [5, 5.41) is 12.6. The van der Waals surface area contributed by atoms with E-state index in [0.29, 0.717) is 12.8 Å². The summed E-state index contributed by atoms with van der Waals surface area (Å²) in [5.41, 5.74) is 0.659. The van der Waals surface area contributed by atoms with Crippen LogP contribution in [0.4, 0.5) is 5.69 Å². The summed E-state index contributed by atoms with van der Waals surface area (Å²) in [5.74, 6) is -1.34. The molecular formula is C19H26N2O3. The number of nitrogens with zero attached hydrogens (tertiary/aromatic N) is 1. The van der Waals surface area contributed by atoms with Crippen molar-refractivity contribution in [2.75, 3.05) is 26.0 Å². The minimum atomic E-state index is -1.24. The average molecular weight is 330 g/mol. The van der Waals surface area contributed by atoms with Crippen LogP contribution in [0.15, 0.2) is 24.3 Å². The van der Waals surface area contributed by atoms with Crippen molar-refractivity contribution in [2.24, 2.45) is 10.8 Å². The third-order valence-corrected chi connectivity index (χ3v) is 5.71. The summed E-state index contributed by atoms with van der Waals surface area (Å²) in [6, 6.07) is 7.66. The lowest BCUT2D eigenvalue weighted by molar-refractivity contribution is -0.178. The lowest BCUT2D eigenvalue weighted by atomic mass is 9.45. The van der Waals surface area contributed by atoms with E-state index in [-0.39, 0.29) is 11.3 Å². The second-order valence-electron chi connectivity index (χ2n) is 7.76. The molecule has 130 valence electrons. The van der Waals surface area contributed by atoms with Gasteiger partial charge in [0.1, 0.15) is 5.41 Å². The van der Waals surface area contributed by atoms with Crippen molar-refractivity contribution in [3.05, 3.63) is 29.8 Å². The van der Waals surface area contributed by atoms with Crippen LogP contribution in [0.3, 0.4) is 0 Å². The van der Waals surface area contributed by atoms with E-state index in [1.807, 2.05) is 38.4 Å². The largest absolute Gasteiger partial charge is 0.480 e. The standard InChI is InChI=1S/C19H26N2O3/c1-21(2)11-8-14-6-3-4-7-15(14)20-16(22)19(17(23)24)12-18(13-19)9-5-10-18/h3-4,6-7H,5,8-13H2,1-2H3,(H,20,22)(H,23,24). The predicted octanol–water partition coefficient (Wildman–Crippen LogP) is 2.76. The zero-order valence-corrected chi connectivity index (χ0v) is 14.5. The van der Waals surface area contributed by atoms with Crippen LogP contribution in [-0.2, 0) is 16.0 Å². The molecule has 0 heterocycles. The van der Waals surface area contributed by atoms with Crippen molar-refractivity contribution in [1.82, 2.24) is 4.90 Å². The van der Waals surface area contributed by atoms with E-state index in [4.69, 9.17) is 0 Å². The van der Waals surface area contributed by atoms with Crippen molar-refractivity contribution in [3.63, 3.8) is 0 Å². The molecule has 0 bridgehead atoms. The first-order valence-electron chi connectivity index (χ1n) is 8.64. The molecule has 5 nitrogen and oxygen atoms in total. The molecule has 1 amide bonds. The third-order valence-electron chi connectivity index (χ3n) is 5.71. The smallest absolute Gasteiger partial charge is 0.319 e. The van der Waals surface area contributed by atoms with E-state index in [9.17, 15) is 14.7 Å². The van der Waals surface area contributed by atoms with Gasteiger partial charge >= 0.3 is 5.97 Å². The van der Waals surface area contributed by atoms with Crippen LogP contribution in [-0.4, -0.2) is 42.5 Å². The lowest BCUT2D eigenvalue weighted by Gasteiger charge is -2.58. The molecule has 2 N–H and O–H groups in total. The number of hydrogen-bond acceptors (Lipinski definition) is 3. The van der Waals surface area contributed by atoms with E-state index in [2.05, 4.69) is 10.2 Å². The minimum Gasteiger partial charge on any atom is -0.480 e. The van der Waals surface area contributed by atoms with Crippen molar-refractivity contribution < 1.29 is 14.7 Å². The highest BCUT2D eigenvalue weighted by molar-refractivity contribution is 6.09. The van der Waals surface area contributed by atoms with Gasteiger partial charge in [-0.2, -0.15) is 0 Å². The fourth-order valence-electron chi connectivity index (χ4n) is 4.11. The Labute approximate surface area is 143 Å². The Morgan fingerprint density at radius 3 is 2.42 bits per heavy atom. The SMILES string of the molecule is CN(C)CCc1ccccc1NC(=O)C1(C(=O)O)CC2(CCC2)C1. The highest BCUT2D eigenvalue weighted by Crippen LogP contribution is 2.64. The number of likely N-dealkylation sites (N-methyl/N-ethyl adjacent to an activating group) is 1. The first-order valence-corrected chi connectivity index (χ1v) is 8.64. The molecule has 5 heteroatoms. The fourth-order valence-corrected chi connectivity index (χ4v) is 4.11. The number of rotatable bonds is 6. The zero-order valence-electron chi connectivity index (χ0n) is 14.5. The van der Waals surface area contributed by atoms with Crippen molar-refractivity contribution in [3.8, 4) is 0 Å². The van der Waals surface area contributed by atoms with Crippen molar-refractivity contribution >= 4 is 17.6 Å². The highest BCUT2D eigenvalue weighted by Gasteiger charge is 2.65. The van der Waals surface area contributed by atoms with Crippen LogP contribution < -0.4 is 5.32 Å². The number of para-hydroxylation sites is 1. The number of benzene rings is 1. The molecule has 0 aromatic heterocycles. The number of carbonyl (C=O) groups is 2. The number of carboxylic acids is 1. The normalized spacial score (nSPS) is 20.3. The molecule has 0 saturated heterocycles. The zero-order chi connectivity index (χ0) is 17.4. The van der Waals surface area contributed by atoms with E-state index < -0.39 is 11.4 Å². The molecule has 1 aromatic rings. The van der Waals surface area contributed by atoms with Gasteiger partial charge in [-0.3, -0.25) is 9.59 Å². The molecule has 0 unspecified atom stereocenters. The number of anilines is 1. The minimum absolute atomic E-state index is 0.125. The van der Waals surface area contributed by atoms with E-state index in [1.54, 1.807) is 0 Å². The first-order chi connectivity index (χ1) is 11.4. The molecular weight excluding hydrogens is 304 g/mol. The van der Waals surface area contributed by atoms with Gasteiger partial charge in [0, 0.05) is 12.2 Å². The fraction of sp³-hybridized carbons (Fsp3) is 0.579. The summed E-state index contributed by atoms with van der Waals surface area (Å²) >= 11 is 0. The molecule has 2 aliphatic carbocycles. The monoisotopic (exact) mass is 330 g/mol. The molecule has 2 fully saturated rings. The number of aliphatic carboxylic acids is 1. The van der Waals surface area contributed by atoms with Gasteiger partial charge in [-0.15, -0.1) is 0 Å². The first kappa shape index (κ1) is 17.0. The van der Waals surface area contributed by atoms with E-state index in [0.717, 1.165) is 43.5 Å². The number of carbonyl (C=O) groups excluding carboxylic acids is 1. The summed E-state index contributed by atoms with van der Waals surface area (Å²) in [6.07, 6.45) is 5.07. The van der Waals surface area contributed by atoms with Gasteiger partial charge in [0.05, 0.1) is 0 Å². The van der Waals surface area contributed by atoms with E-state index >= 15 is 0 Å². The number of amides is 1. The number of nitrogens with one attached hydrogen (secondary N) is 1. The van der Waals surface area contributed by atoms with Gasteiger partial charge in [0.25, 0.3) is 0 Å². The van der Waals surface area contributed by atoms with Gasteiger partial charge in [-0.05, 0) is 63.2 Å². The molecule has 2 saturated carbocycles. The molecule has 24 heavy (non-hydrogen) atoms. The van der Waals surface area contributed by atoms with Gasteiger partial charge in [-0.1, -0.05) is 24.6 Å². The maximum absolute atomic E-state index is 12.8. The second-order valence-corrected chi connectivity index (χ2v) is 7.76. The van der Waals surface area contributed by atoms with E-state index in [1.165, 1.54) is 0 Å². The Bertz CT molecular complexity index is 642. The lowest BCUT2D eigenvalue weighted by Crippen LogP contribution is -2.59. The number of carboxylic acid groups (broad SMARTS) is 1. The number of hydrogen-bond donors (Lipinski definition) is 2. The van der Waals surface area contributed by atoms with Crippen molar-refractivity contribution in [2.45, 2.75) is 38.5 Å². The maximum atomic E-state index is 12.8. The Morgan fingerprint density at radius 1 is 1.21 bits per heavy atom. The molecule has 0 aliphatic heterocycles. The Morgan fingerprint density at radius 2 is 1.88 bits per heavy atom. The summed E-state index contributed by atoms with van der Waals surface area (Å²) < 4.78 is 0. The molecule has 3 rings (SSSR count). The van der Waals surface area contributed by atoms with Gasteiger partial charge < -0.3 is 15.3 Å². The Hall–Kier alpha value is -1.88. The summed E-state index contributed by atoms with van der Waals surface area (Å²) in [6.45, 7) is 0.875. The van der Waals surface area contributed by atoms with Crippen LogP contribution in [0.25, 0.3) is 0 Å². The van der Waals surface area contributed by atoms with Gasteiger partial charge in [0.2, 0.25) is 5.91 Å². The molecule has 1 spiro atoms. The molecule has 0 atom stereocenters. The molecule has 2 aliphatic rings. The van der Waals surface area contributed by atoms with Crippen LogP contribution in [0, 0.1) is 10.8 Å². The van der Waals surface area contributed by atoms with Gasteiger partial charge in [-0.25, -0.2) is 0 Å². The van der Waals surface area contributed by atoms with Crippen LogP contribution in [0.5, 0.6) is 0 Å². The van der Waals surface area contributed by atoms with Crippen LogP contribution in [0.2, 0.25) is 0 Å². The maximum Gasteiger partial charge on any atom is 0.319 e. The summed E-state index contributed by atoms with van der Waals surface area (Å²) in [4.78, 5) is 26.7. The second kappa shape index (κ2) is 6.20. The van der Waals surface area contributed by atoms with Crippen molar-refractivity contribution in [1.29, 1.82) is 0 Å². The highest BCUT2D eigenvalue weighted by atomic mass is 16.4. The van der Waals surface area contributed by atoms with Crippen LogP contribution in [0.1, 0.15) is 37.7 Å². The van der Waals surface area contributed by atoms with Crippen LogP contribution >= 0.6 is 0 Å². The molecule has 1 aromatic carbocycles. The third kappa shape index (κ3) is 2.93. The molecule has 0 radical (unpaired) electrons. The quantitative estimate of drug-likeness (QED) is 0.787.